The van der Waals surface area contributed by atoms with Crippen molar-refractivity contribution in [2.75, 3.05) is 38.6 Å². The average Bonchev–Trinajstić information content (AvgIpc) is 2.87. The van der Waals surface area contributed by atoms with Gasteiger partial charge >= 0.3 is 0 Å². The summed E-state index contributed by atoms with van der Waals surface area (Å²) in [6.45, 7) is 4.99. The highest BCUT2D eigenvalue weighted by Gasteiger charge is 2.23. The number of nitrogens with zero attached hydrogens (tertiary/aromatic N) is 3. The first-order chi connectivity index (χ1) is 9.60. The number of aliphatic imine (C=N–C) groups is 1. The van der Waals surface area contributed by atoms with Crippen LogP contribution in [-0.4, -0.2) is 50.6 Å². The van der Waals surface area contributed by atoms with Crippen LogP contribution in [0, 0.1) is 0 Å². The standard InChI is InChI=1S/C15H23BrN4/c1-4-17-15(19(2)3)18-13-9-10-20(11-13)14-7-5-12(16)6-8-14/h5-8,13H,4,9-11H2,1-3H3,(H,17,18). The van der Waals surface area contributed by atoms with E-state index in [2.05, 4.69) is 62.3 Å². The molecule has 0 bridgehead atoms. The zero-order valence-electron chi connectivity index (χ0n) is 12.4. The highest BCUT2D eigenvalue weighted by molar-refractivity contribution is 9.10. The highest BCUT2D eigenvalue weighted by atomic mass is 79.9. The third kappa shape index (κ3) is 3.88. The lowest BCUT2D eigenvalue weighted by Gasteiger charge is -2.23. The van der Waals surface area contributed by atoms with Gasteiger partial charge < -0.3 is 15.1 Å². The van der Waals surface area contributed by atoms with Crippen molar-refractivity contribution in [2.24, 2.45) is 4.99 Å². The third-order valence-corrected chi connectivity index (χ3v) is 3.97. The summed E-state index contributed by atoms with van der Waals surface area (Å²) in [5.74, 6) is 0.982. The molecule has 0 amide bonds. The maximum Gasteiger partial charge on any atom is 0.193 e. The molecule has 0 radical (unpaired) electrons. The van der Waals surface area contributed by atoms with E-state index < -0.39 is 0 Å². The number of halogens is 1. The van der Waals surface area contributed by atoms with Crippen LogP contribution >= 0.6 is 15.9 Å². The van der Waals surface area contributed by atoms with Gasteiger partial charge in [-0.1, -0.05) is 15.9 Å². The quantitative estimate of drug-likeness (QED) is 0.678. The monoisotopic (exact) mass is 338 g/mol. The van der Waals surface area contributed by atoms with E-state index in [-0.39, 0.29) is 0 Å². The van der Waals surface area contributed by atoms with Gasteiger partial charge in [-0.2, -0.15) is 0 Å². The van der Waals surface area contributed by atoms with Crippen molar-refractivity contribution in [3.8, 4) is 0 Å². The molecule has 0 spiro atoms. The van der Waals surface area contributed by atoms with Crippen LogP contribution in [0.2, 0.25) is 0 Å². The second-order valence-corrected chi connectivity index (χ2v) is 6.16. The zero-order chi connectivity index (χ0) is 14.5. The molecule has 20 heavy (non-hydrogen) atoms. The second kappa shape index (κ2) is 6.97. The summed E-state index contributed by atoms with van der Waals surface area (Å²) in [4.78, 5) is 8.97. The predicted octanol–water partition coefficient (Wildman–Crippen LogP) is 2.55. The molecule has 5 heteroatoms. The van der Waals surface area contributed by atoms with Gasteiger partial charge in [0.2, 0.25) is 0 Å². The lowest BCUT2D eigenvalue weighted by atomic mass is 10.2. The topological polar surface area (TPSA) is 30.9 Å². The summed E-state index contributed by atoms with van der Waals surface area (Å²) in [7, 11) is 4.06. The van der Waals surface area contributed by atoms with Gasteiger partial charge in [0.15, 0.2) is 5.96 Å². The number of guanidine groups is 1. The summed E-state index contributed by atoms with van der Waals surface area (Å²) in [5, 5.41) is 3.55. The molecule has 1 aliphatic rings. The van der Waals surface area contributed by atoms with Crippen LogP contribution in [-0.2, 0) is 0 Å². The van der Waals surface area contributed by atoms with Gasteiger partial charge in [-0.3, -0.25) is 4.99 Å². The molecule has 1 saturated heterocycles. The maximum atomic E-state index is 4.50. The first kappa shape index (κ1) is 15.2. The first-order valence-electron chi connectivity index (χ1n) is 7.09. The Balaban J connectivity index is 1.95. The number of nitrogens with one attached hydrogen (secondary N) is 1. The number of benzene rings is 1. The van der Waals surface area contributed by atoms with Gasteiger partial charge in [0, 0.05) is 49.9 Å². The van der Waals surface area contributed by atoms with Gasteiger partial charge in [0.05, 0.1) is 0 Å². The Morgan fingerprint density at radius 3 is 2.70 bits per heavy atom. The molecule has 1 aromatic carbocycles. The molecule has 1 atom stereocenters. The third-order valence-electron chi connectivity index (χ3n) is 3.44. The fraction of sp³-hybridized carbons (Fsp3) is 0.533. The van der Waals surface area contributed by atoms with Gasteiger partial charge in [0.1, 0.15) is 0 Å². The van der Waals surface area contributed by atoms with E-state index in [0.717, 1.165) is 36.5 Å². The molecule has 0 aromatic heterocycles. The van der Waals surface area contributed by atoms with E-state index in [4.69, 9.17) is 0 Å². The number of hydrogen-bond acceptors (Lipinski definition) is 2. The summed E-state index contributed by atoms with van der Waals surface area (Å²) < 4.78 is 1.13. The Morgan fingerprint density at radius 1 is 1.40 bits per heavy atom. The predicted molar refractivity (Wildman–Crippen MR) is 89.6 cm³/mol. The van der Waals surface area contributed by atoms with E-state index in [1.807, 2.05) is 19.0 Å². The molecule has 1 fully saturated rings. The normalized spacial score (nSPS) is 19.3. The smallest absolute Gasteiger partial charge is 0.193 e. The lowest BCUT2D eigenvalue weighted by molar-refractivity contribution is 0.546. The Morgan fingerprint density at radius 2 is 2.10 bits per heavy atom. The molecule has 1 unspecified atom stereocenters. The molecule has 1 aliphatic heterocycles. The van der Waals surface area contributed by atoms with Crippen LogP contribution in [0.25, 0.3) is 0 Å². The minimum Gasteiger partial charge on any atom is -0.369 e. The van der Waals surface area contributed by atoms with E-state index in [1.54, 1.807) is 0 Å². The maximum absolute atomic E-state index is 4.50. The molecule has 1 N–H and O–H groups in total. The van der Waals surface area contributed by atoms with Crippen LogP contribution in [0.15, 0.2) is 33.7 Å². The SMILES string of the molecule is CCN=C(NC1CCN(c2ccc(Br)cc2)C1)N(C)C. The summed E-state index contributed by atoms with van der Waals surface area (Å²) in [5.41, 5.74) is 1.29. The van der Waals surface area contributed by atoms with Crippen molar-refractivity contribution < 1.29 is 0 Å². The molecular formula is C15H23BrN4. The molecule has 0 saturated carbocycles. The number of hydrogen-bond donors (Lipinski definition) is 1. The van der Waals surface area contributed by atoms with Crippen molar-refractivity contribution in [1.29, 1.82) is 0 Å². The van der Waals surface area contributed by atoms with E-state index in [1.165, 1.54) is 5.69 Å². The zero-order valence-corrected chi connectivity index (χ0v) is 14.0. The summed E-state index contributed by atoms with van der Waals surface area (Å²) in [6.07, 6.45) is 1.15. The van der Waals surface area contributed by atoms with Crippen molar-refractivity contribution in [3.63, 3.8) is 0 Å². The average molecular weight is 339 g/mol. The Bertz CT molecular complexity index is 455. The van der Waals surface area contributed by atoms with Crippen molar-refractivity contribution in [3.05, 3.63) is 28.7 Å². The minimum absolute atomic E-state index is 0.464. The lowest BCUT2D eigenvalue weighted by Crippen LogP contribution is -2.44. The highest BCUT2D eigenvalue weighted by Crippen LogP contribution is 2.22. The van der Waals surface area contributed by atoms with Crippen molar-refractivity contribution in [1.82, 2.24) is 10.2 Å². The van der Waals surface area contributed by atoms with E-state index >= 15 is 0 Å². The molecule has 0 aliphatic carbocycles. The van der Waals surface area contributed by atoms with Crippen LogP contribution in [0.5, 0.6) is 0 Å². The molecule has 2 rings (SSSR count). The second-order valence-electron chi connectivity index (χ2n) is 5.24. The molecule has 1 aromatic rings. The minimum atomic E-state index is 0.464. The van der Waals surface area contributed by atoms with Crippen LogP contribution in [0.1, 0.15) is 13.3 Å². The Labute approximate surface area is 130 Å². The van der Waals surface area contributed by atoms with Crippen LogP contribution in [0.4, 0.5) is 5.69 Å². The van der Waals surface area contributed by atoms with Crippen molar-refractivity contribution >= 4 is 27.6 Å². The van der Waals surface area contributed by atoms with Crippen LogP contribution < -0.4 is 10.2 Å². The van der Waals surface area contributed by atoms with Crippen molar-refractivity contribution in [2.45, 2.75) is 19.4 Å². The Hall–Kier alpha value is -1.23. The number of anilines is 1. The summed E-state index contributed by atoms with van der Waals surface area (Å²) in [6, 6.07) is 8.99. The molecular weight excluding hydrogens is 316 g/mol. The molecule has 110 valence electrons. The molecule has 4 nitrogen and oxygen atoms in total. The van der Waals surface area contributed by atoms with E-state index in [0.29, 0.717) is 6.04 Å². The fourth-order valence-electron chi connectivity index (χ4n) is 2.41. The van der Waals surface area contributed by atoms with Gasteiger partial charge in [0.25, 0.3) is 0 Å². The van der Waals surface area contributed by atoms with Gasteiger partial charge in [-0.05, 0) is 37.6 Å². The fourth-order valence-corrected chi connectivity index (χ4v) is 2.68. The van der Waals surface area contributed by atoms with Gasteiger partial charge in [-0.25, -0.2) is 0 Å². The molecule has 1 heterocycles. The largest absolute Gasteiger partial charge is 0.369 e. The number of rotatable bonds is 3. The Kier molecular flexibility index (Phi) is 5.29. The summed E-state index contributed by atoms with van der Waals surface area (Å²) >= 11 is 3.48. The first-order valence-corrected chi connectivity index (χ1v) is 7.88. The van der Waals surface area contributed by atoms with Crippen LogP contribution in [0.3, 0.4) is 0 Å². The van der Waals surface area contributed by atoms with E-state index in [9.17, 15) is 0 Å². The van der Waals surface area contributed by atoms with Gasteiger partial charge in [-0.15, -0.1) is 0 Å².